The second-order valence-electron chi connectivity index (χ2n) is 5.09. The van der Waals surface area contributed by atoms with Crippen molar-refractivity contribution in [3.8, 4) is 0 Å². The van der Waals surface area contributed by atoms with Gasteiger partial charge >= 0.3 is 0 Å². The van der Waals surface area contributed by atoms with Crippen molar-refractivity contribution in [2.45, 2.75) is 32.1 Å². The SMILES string of the molecule is CNCC1CCCCC1Cc1cnn(C)c1. The first-order valence-electron chi connectivity index (χ1n) is 6.41. The van der Waals surface area contributed by atoms with Crippen LogP contribution >= 0.6 is 0 Å². The van der Waals surface area contributed by atoms with Gasteiger partial charge in [-0.2, -0.15) is 5.10 Å². The normalized spacial score (nSPS) is 25.9. The Morgan fingerprint density at radius 1 is 1.38 bits per heavy atom. The average molecular weight is 221 g/mol. The second kappa shape index (κ2) is 5.48. The van der Waals surface area contributed by atoms with Gasteiger partial charge in [0.05, 0.1) is 6.20 Å². The quantitative estimate of drug-likeness (QED) is 0.842. The minimum atomic E-state index is 0.852. The summed E-state index contributed by atoms with van der Waals surface area (Å²) in [7, 11) is 4.06. The third kappa shape index (κ3) is 2.85. The van der Waals surface area contributed by atoms with E-state index in [1.807, 2.05) is 17.9 Å². The summed E-state index contributed by atoms with van der Waals surface area (Å²) in [6, 6.07) is 0. The van der Waals surface area contributed by atoms with Crippen LogP contribution in [0.5, 0.6) is 0 Å². The van der Waals surface area contributed by atoms with Crippen LogP contribution in [0.15, 0.2) is 12.4 Å². The van der Waals surface area contributed by atoms with Gasteiger partial charge in [-0.1, -0.05) is 12.8 Å². The summed E-state index contributed by atoms with van der Waals surface area (Å²) < 4.78 is 1.91. The molecule has 3 nitrogen and oxygen atoms in total. The van der Waals surface area contributed by atoms with Gasteiger partial charge in [-0.05, 0) is 50.3 Å². The molecule has 0 radical (unpaired) electrons. The van der Waals surface area contributed by atoms with Gasteiger partial charge < -0.3 is 5.32 Å². The summed E-state index contributed by atoms with van der Waals surface area (Å²) in [5.41, 5.74) is 1.40. The minimum absolute atomic E-state index is 0.852. The zero-order chi connectivity index (χ0) is 11.4. The van der Waals surface area contributed by atoms with E-state index < -0.39 is 0 Å². The van der Waals surface area contributed by atoms with Gasteiger partial charge in [0.25, 0.3) is 0 Å². The molecule has 0 aliphatic heterocycles. The maximum absolute atomic E-state index is 4.25. The van der Waals surface area contributed by atoms with Crippen molar-refractivity contribution >= 4 is 0 Å². The van der Waals surface area contributed by atoms with Crippen LogP contribution in [-0.4, -0.2) is 23.4 Å². The molecule has 0 spiro atoms. The first kappa shape index (κ1) is 11.6. The van der Waals surface area contributed by atoms with Gasteiger partial charge in [0.15, 0.2) is 0 Å². The Kier molecular flexibility index (Phi) is 3.99. The summed E-state index contributed by atoms with van der Waals surface area (Å²) in [5.74, 6) is 1.71. The molecule has 3 heteroatoms. The molecule has 0 aromatic carbocycles. The summed E-state index contributed by atoms with van der Waals surface area (Å²) in [6.07, 6.45) is 11.0. The molecule has 0 amide bonds. The van der Waals surface area contributed by atoms with Gasteiger partial charge in [-0.25, -0.2) is 0 Å². The zero-order valence-corrected chi connectivity index (χ0v) is 10.4. The summed E-state index contributed by atoms with van der Waals surface area (Å²) in [4.78, 5) is 0. The highest BCUT2D eigenvalue weighted by Gasteiger charge is 2.24. The fraction of sp³-hybridized carbons (Fsp3) is 0.769. The van der Waals surface area contributed by atoms with Crippen molar-refractivity contribution in [1.82, 2.24) is 15.1 Å². The molecular weight excluding hydrogens is 198 g/mol. The van der Waals surface area contributed by atoms with Gasteiger partial charge in [-0.3, -0.25) is 4.68 Å². The maximum atomic E-state index is 4.25. The lowest BCUT2D eigenvalue weighted by atomic mass is 9.76. The molecule has 16 heavy (non-hydrogen) atoms. The lowest BCUT2D eigenvalue weighted by Crippen LogP contribution is -2.29. The molecule has 1 aromatic heterocycles. The number of nitrogens with one attached hydrogen (secondary N) is 1. The fourth-order valence-corrected chi connectivity index (χ4v) is 2.96. The molecule has 1 aromatic rings. The standard InChI is InChI=1S/C13H23N3/c1-14-9-13-6-4-3-5-12(13)7-11-8-15-16(2)10-11/h8,10,12-14H,3-7,9H2,1-2H3. The molecule has 0 bridgehead atoms. The van der Waals surface area contributed by atoms with Crippen LogP contribution in [-0.2, 0) is 13.5 Å². The van der Waals surface area contributed by atoms with Crippen LogP contribution in [0.3, 0.4) is 0 Å². The molecule has 1 aliphatic carbocycles. The molecule has 2 rings (SSSR count). The Morgan fingerprint density at radius 3 is 2.75 bits per heavy atom. The Bertz CT molecular complexity index is 317. The summed E-state index contributed by atoms with van der Waals surface area (Å²) >= 11 is 0. The number of aryl methyl sites for hydroxylation is 1. The van der Waals surface area contributed by atoms with Gasteiger partial charge in [0.1, 0.15) is 0 Å². The monoisotopic (exact) mass is 221 g/mol. The van der Waals surface area contributed by atoms with Crippen LogP contribution in [0.4, 0.5) is 0 Å². The Hall–Kier alpha value is -0.830. The predicted molar refractivity (Wildman–Crippen MR) is 66.3 cm³/mol. The highest BCUT2D eigenvalue weighted by molar-refractivity contribution is 5.05. The lowest BCUT2D eigenvalue weighted by Gasteiger charge is -2.31. The third-order valence-electron chi connectivity index (χ3n) is 3.79. The number of rotatable bonds is 4. The molecule has 2 atom stereocenters. The van der Waals surface area contributed by atoms with Crippen molar-refractivity contribution in [2.75, 3.05) is 13.6 Å². The summed E-state index contributed by atoms with van der Waals surface area (Å²) in [6.45, 7) is 1.17. The Labute approximate surface area is 98.2 Å². The van der Waals surface area contributed by atoms with E-state index in [9.17, 15) is 0 Å². The molecule has 90 valence electrons. The lowest BCUT2D eigenvalue weighted by molar-refractivity contribution is 0.232. The first-order valence-corrected chi connectivity index (χ1v) is 6.41. The minimum Gasteiger partial charge on any atom is -0.319 e. The predicted octanol–water partition coefficient (Wildman–Crippen LogP) is 1.99. The third-order valence-corrected chi connectivity index (χ3v) is 3.79. The Balaban J connectivity index is 1.95. The largest absolute Gasteiger partial charge is 0.319 e. The van der Waals surface area contributed by atoms with Gasteiger partial charge in [-0.15, -0.1) is 0 Å². The van der Waals surface area contributed by atoms with E-state index in [2.05, 4.69) is 23.7 Å². The van der Waals surface area contributed by atoms with E-state index in [0.29, 0.717) is 0 Å². The molecule has 1 saturated carbocycles. The Morgan fingerprint density at radius 2 is 2.12 bits per heavy atom. The second-order valence-corrected chi connectivity index (χ2v) is 5.09. The zero-order valence-electron chi connectivity index (χ0n) is 10.4. The van der Waals surface area contributed by atoms with Gasteiger partial charge in [0, 0.05) is 13.2 Å². The van der Waals surface area contributed by atoms with Crippen molar-refractivity contribution < 1.29 is 0 Å². The van der Waals surface area contributed by atoms with Crippen LogP contribution in [0.25, 0.3) is 0 Å². The number of hydrogen-bond donors (Lipinski definition) is 1. The molecule has 1 aliphatic rings. The van der Waals surface area contributed by atoms with Crippen molar-refractivity contribution in [2.24, 2.45) is 18.9 Å². The van der Waals surface area contributed by atoms with E-state index in [1.54, 1.807) is 0 Å². The van der Waals surface area contributed by atoms with Crippen molar-refractivity contribution in [1.29, 1.82) is 0 Å². The van der Waals surface area contributed by atoms with Gasteiger partial charge in [0.2, 0.25) is 0 Å². The average Bonchev–Trinajstić information content (AvgIpc) is 2.67. The molecule has 2 unspecified atom stereocenters. The van der Waals surface area contributed by atoms with Crippen LogP contribution in [0, 0.1) is 11.8 Å². The van der Waals surface area contributed by atoms with E-state index in [0.717, 1.165) is 11.8 Å². The molecule has 1 fully saturated rings. The highest BCUT2D eigenvalue weighted by atomic mass is 15.2. The number of nitrogens with zero attached hydrogens (tertiary/aromatic N) is 2. The molecular formula is C13H23N3. The topological polar surface area (TPSA) is 29.9 Å². The summed E-state index contributed by atoms with van der Waals surface area (Å²) in [5, 5.41) is 7.59. The number of hydrogen-bond acceptors (Lipinski definition) is 2. The molecule has 0 saturated heterocycles. The fourth-order valence-electron chi connectivity index (χ4n) is 2.96. The first-order chi connectivity index (χ1) is 7.79. The van der Waals surface area contributed by atoms with Crippen molar-refractivity contribution in [3.63, 3.8) is 0 Å². The number of aromatic nitrogens is 2. The highest BCUT2D eigenvalue weighted by Crippen LogP contribution is 2.32. The van der Waals surface area contributed by atoms with Crippen LogP contribution in [0.1, 0.15) is 31.2 Å². The smallest absolute Gasteiger partial charge is 0.0521 e. The van der Waals surface area contributed by atoms with Crippen LogP contribution < -0.4 is 5.32 Å². The maximum Gasteiger partial charge on any atom is 0.0521 e. The van der Waals surface area contributed by atoms with Crippen molar-refractivity contribution in [3.05, 3.63) is 18.0 Å². The van der Waals surface area contributed by atoms with E-state index in [-0.39, 0.29) is 0 Å². The molecule has 1 heterocycles. The van der Waals surface area contributed by atoms with E-state index in [4.69, 9.17) is 0 Å². The van der Waals surface area contributed by atoms with Crippen LogP contribution in [0.2, 0.25) is 0 Å². The van der Waals surface area contributed by atoms with E-state index in [1.165, 1.54) is 44.2 Å². The molecule has 1 N–H and O–H groups in total. The van der Waals surface area contributed by atoms with E-state index >= 15 is 0 Å².